The predicted octanol–water partition coefficient (Wildman–Crippen LogP) is 4.27. The van der Waals surface area contributed by atoms with Crippen molar-refractivity contribution in [3.63, 3.8) is 0 Å². The Morgan fingerprint density at radius 3 is 2.00 bits per heavy atom. The second-order valence-electron chi connectivity index (χ2n) is 2.88. The molecular weight excluding hydrogens is 202 g/mol. The summed E-state index contributed by atoms with van der Waals surface area (Å²) in [4.78, 5) is 0. The fourth-order valence-electron chi connectivity index (χ4n) is 0.862. The maximum atomic E-state index is 5.92. The summed E-state index contributed by atoms with van der Waals surface area (Å²) in [5.41, 5.74) is 0. The fourth-order valence-corrected chi connectivity index (χ4v) is 2.53. The molecule has 0 radical (unpaired) electrons. The number of unbranched alkanes of at least 4 members (excludes halogenated alkanes) is 3. The van der Waals surface area contributed by atoms with Crippen LogP contribution in [-0.2, 0) is 0 Å². The van der Waals surface area contributed by atoms with Gasteiger partial charge in [-0.15, -0.1) is 22.2 Å². The molecule has 0 aliphatic heterocycles. The van der Waals surface area contributed by atoms with E-state index in [4.69, 9.17) is 22.2 Å². The Morgan fingerprint density at radius 1 is 1.09 bits per heavy atom. The highest BCUT2D eigenvalue weighted by atomic mass is 35.7. The zero-order valence-corrected chi connectivity index (χ0v) is 9.71. The van der Waals surface area contributed by atoms with Gasteiger partial charge in [-0.3, -0.25) is 4.70 Å². The van der Waals surface area contributed by atoms with E-state index in [-0.39, 0.29) is 4.70 Å². The van der Waals surface area contributed by atoms with E-state index in [2.05, 4.69) is 6.92 Å². The van der Waals surface area contributed by atoms with E-state index in [1.54, 1.807) is 0 Å². The zero-order chi connectivity index (χ0) is 8.04. The molecule has 11 heavy (non-hydrogen) atoms. The van der Waals surface area contributed by atoms with Crippen molar-refractivity contribution in [3.05, 3.63) is 0 Å². The second-order valence-corrected chi connectivity index (χ2v) is 11.1. The summed E-state index contributed by atoms with van der Waals surface area (Å²) < 4.78 is 0. The normalized spacial score (nSPS) is 10.9. The first kappa shape index (κ1) is 14.3. The third-order valence-electron chi connectivity index (χ3n) is 1.47. The van der Waals surface area contributed by atoms with Gasteiger partial charge in [0.25, 0.3) is 0 Å². The van der Waals surface area contributed by atoms with Crippen LogP contribution in [0.25, 0.3) is 0 Å². The molecule has 0 fully saturated rings. The Labute approximate surface area is 79.1 Å². The molecule has 0 rings (SSSR count). The van der Waals surface area contributed by atoms with Crippen molar-refractivity contribution in [1.29, 1.82) is 0 Å². The Morgan fingerprint density at radius 2 is 1.64 bits per heavy atom. The van der Waals surface area contributed by atoms with Gasteiger partial charge < -0.3 is 0 Å². The highest BCUT2D eigenvalue weighted by Crippen LogP contribution is 2.22. The standard InChI is InChI=1S/C7H16Cl2Si.FH/c1-3-4-5-6-7-10(2,8)9;/h3-7H2,1-2H3;1H. The first-order chi connectivity index (χ1) is 4.56. The van der Waals surface area contributed by atoms with Crippen molar-refractivity contribution in [3.8, 4) is 0 Å². The van der Waals surface area contributed by atoms with Crippen molar-refractivity contribution >= 4 is 28.9 Å². The van der Waals surface area contributed by atoms with Crippen LogP contribution in [0, 0.1) is 0 Å². The minimum atomic E-state index is -1.76. The summed E-state index contributed by atoms with van der Waals surface area (Å²) in [6, 6.07) is 1.05. The molecule has 0 saturated heterocycles. The number of hydrogen-bond donors (Lipinski definition) is 0. The molecule has 0 aliphatic carbocycles. The number of hydrogen-bond acceptors (Lipinski definition) is 0. The van der Waals surface area contributed by atoms with Crippen LogP contribution in [0.5, 0.6) is 0 Å². The van der Waals surface area contributed by atoms with Crippen LogP contribution >= 0.6 is 22.2 Å². The van der Waals surface area contributed by atoms with Gasteiger partial charge in [0, 0.05) is 0 Å². The minimum Gasteiger partial charge on any atom is -0.269 e. The molecule has 0 amide bonds. The van der Waals surface area contributed by atoms with E-state index in [0.717, 1.165) is 6.04 Å². The monoisotopic (exact) mass is 218 g/mol. The minimum absolute atomic E-state index is 0. The predicted molar refractivity (Wildman–Crippen MR) is 54.8 cm³/mol. The molecular formula is C7H17Cl2FSi. The van der Waals surface area contributed by atoms with Gasteiger partial charge in [0.2, 0.25) is 6.69 Å². The molecule has 0 nitrogen and oxygen atoms in total. The first-order valence-electron chi connectivity index (χ1n) is 3.94. The lowest BCUT2D eigenvalue weighted by Gasteiger charge is -2.08. The average molecular weight is 219 g/mol. The van der Waals surface area contributed by atoms with Gasteiger partial charge in [0.1, 0.15) is 0 Å². The van der Waals surface area contributed by atoms with Crippen LogP contribution in [0.15, 0.2) is 0 Å². The van der Waals surface area contributed by atoms with E-state index in [1.165, 1.54) is 25.7 Å². The Bertz CT molecular complexity index is 83.0. The molecule has 4 heteroatoms. The van der Waals surface area contributed by atoms with E-state index < -0.39 is 6.69 Å². The van der Waals surface area contributed by atoms with E-state index in [1.807, 2.05) is 6.55 Å². The van der Waals surface area contributed by atoms with Gasteiger partial charge in [0.15, 0.2) is 0 Å². The topological polar surface area (TPSA) is 0 Å². The molecule has 0 saturated carbocycles. The van der Waals surface area contributed by atoms with Gasteiger partial charge >= 0.3 is 0 Å². The molecule has 0 aromatic carbocycles. The van der Waals surface area contributed by atoms with E-state index in [0.29, 0.717) is 0 Å². The molecule has 0 aromatic heterocycles. The highest BCUT2D eigenvalue weighted by Gasteiger charge is 2.19. The number of halogens is 3. The molecule has 0 atom stereocenters. The summed E-state index contributed by atoms with van der Waals surface area (Å²) in [5.74, 6) is 0. The van der Waals surface area contributed by atoms with Crippen molar-refractivity contribution in [1.82, 2.24) is 0 Å². The van der Waals surface area contributed by atoms with Crippen molar-refractivity contribution in [2.24, 2.45) is 0 Å². The van der Waals surface area contributed by atoms with Crippen LogP contribution in [0.3, 0.4) is 0 Å². The molecule has 0 aromatic rings. The molecule has 70 valence electrons. The molecule has 0 spiro atoms. The van der Waals surface area contributed by atoms with E-state index in [9.17, 15) is 0 Å². The average Bonchev–Trinajstić information content (AvgIpc) is 1.78. The van der Waals surface area contributed by atoms with Crippen LogP contribution < -0.4 is 0 Å². The van der Waals surface area contributed by atoms with Gasteiger partial charge in [-0.1, -0.05) is 32.6 Å². The molecule has 0 aliphatic rings. The van der Waals surface area contributed by atoms with Crippen LogP contribution in [-0.4, -0.2) is 6.69 Å². The maximum Gasteiger partial charge on any atom is 0.248 e. The summed E-state index contributed by atoms with van der Waals surface area (Å²) >= 11 is 11.8. The summed E-state index contributed by atoms with van der Waals surface area (Å²) in [5, 5.41) is 0. The second kappa shape index (κ2) is 7.38. The Hall–Kier alpha value is 0.727. The fraction of sp³-hybridized carbons (Fsp3) is 1.00. The lowest BCUT2D eigenvalue weighted by Crippen LogP contribution is -2.11. The Balaban J connectivity index is 0. The first-order valence-corrected chi connectivity index (χ1v) is 8.67. The summed E-state index contributed by atoms with van der Waals surface area (Å²) in [6.07, 6.45) is 5.10. The van der Waals surface area contributed by atoms with Crippen LogP contribution in [0.1, 0.15) is 32.6 Å². The molecule has 0 heterocycles. The van der Waals surface area contributed by atoms with Crippen molar-refractivity contribution < 1.29 is 4.70 Å². The summed E-state index contributed by atoms with van der Waals surface area (Å²) in [7, 11) is 0. The SMILES string of the molecule is CCCCCC[Si](C)(Cl)Cl.F. The van der Waals surface area contributed by atoms with Gasteiger partial charge in [-0.2, -0.15) is 0 Å². The van der Waals surface area contributed by atoms with Crippen molar-refractivity contribution in [2.75, 3.05) is 0 Å². The zero-order valence-electron chi connectivity index (χ0n) is 7.20. The third kappa shape index (κ3) is 13.7. The Kier molecular flexibility index (Phi) is 9.57. The van der Waals surface area contributed by atoms with Gasteiger partial charge in [-0.25, -0.2) is 0 Å². The van der Waals surface area contributed by atoms with Gasteiger partial charge in [-0.05, 0) is 12.6 Å². The van der Waals surface area contributed by atoms with E-state index >= 15 is 0 Å². The van der Waals surface area contributed by atoms with Gasteiger partial charge in [0.05, 0.1) is 0 Å². The number of rotatable bonds is 5. The summed E-state index contributed by atoms with van der Waals surface area (Å²) in [6.45, 7) is 2.43. The smallest absolute Gasteiger partial charge is 0.248 e. The molecule has 0 unspecified atom stereocenters. The lowest BCUT2D eigenvalue weighted by molar-refractivity contribution is 0.699. The quantitative estimate of drug-likeness (QED) is 0.368. The largest absolute Gasteiger partial charge is 0.269 e. The molecule has 0 N–H and O–H groups in total. The van der Waals surface area contributed by atoms with Crippen LogP contribution in [0.2, 0.25) is 12.6 Å². The van der Waals surface area contributed by atoms with Crippen LogP contribution in [0.4, 0.5) is 4.70 Å². The lowest BCUT2D eigenvalue weighted by atomic mass is 10.2. The third-order valence-corrected chi connectivity index (χ3v) is 3.83. The van der Waals surface area contributed by atoms with Crippen molar-refractivity contribution in [2.45, 2.75) is 45.2 Å². The maximum absolute atomic E-state index is 5.92. The molecule has 0 bridgehead atoms. The highest BCUT2D eigenvalue weighted by molar-refractivity contribution is 7.44.